The Morgan fingerprint density at radius 2 is 2.27 bits per heavy atom. The lowest BCUT2D eigenvalue weighted by Crippen LogP contribution is -1.70. The molecule has 0 saturated carbocycles. The van der Waals surface area contributed by atoms with Gasteiger partial charge in [-0.1, -0.05) is 24.3 Å². The molecule has 0 atom stereocenters. The van der Waals surface area contributed by atoms with E-state index in [1.54, 1.807) is 6.20 Å². The summed E-state index contributed by atoms with van der Waals surface area (Å²) in [6.07, 6.45) is 5.39. The average Bonchev–Trinajstić information content (AvgIpc) is 2.57. The standard InChI is InChI=1S/C5H11Cl.C2H2N2S/c1-2-3-4-5-6;1-2-5-4-3-1/h2-5H2,1H3;1-2H. The maximum Gasteiger partial charge on any atom is 0.0620 e. The number of unbranched alkanes of at least 4 members (excludes halogenated alkanes) is 2. The molecule has 0 radical (unpaired) electrons. The molecule has 0 unspecified atom stereocenters. The fourth-order valence-electron chi connectivity index (χ4n) is 0.481. The quantitative estimate of drug-likeness (QED) is 0.544. The zero-order chi connectivity index (χ0) is 8.36. The van der Waals surface area contributed by atoms with Crippen molar-refractivity contribution in [2.24, 2.45) is 0 Å². The summed E-state index contributed by atoms with van der Waals surface area (Å²) in [6.45, 7) is 2.17. The molecule has 1 aromatic rings. The van der Waals surface area contributed by atoms with Crippen LogP contribution in [0.4, 0.5) is 0 Å². The van der Waals surface area contributed by atoms with Crippen LogP contribution in [-0.2, 0) is 0 Å². The Balaban J connectivity index is 0.000000183. The van der Waals surface area contributed by atoms with Crippen molar-refractivity contribution in [2.75, 3.05) is 5.88 Å². The lowest BCUT2D eigenvalue weighted by molar-refractivity contribution is 0.776. The normalized spacial score (nSPS) is 8.55. The van der Waals surface area contributed by atoms with Crippen LogP contribution in [0.25, 0.3) is 0 Å². The summed E-state index contributed by atoms with van der Waals surface area (Å²) in [4.78, 5) is 0. The summed E-state index contributed by atoms with van der Waals surface area (Å²) in [5.41, 5.74) is 0. The molecule has 0 bridgehead atoms. The molecule has 4 heteroatoms. The molecule has 0 saturated heterocycles. The molecule has 1 aromatic heterocycles. The van der Waals surface area contributed by atoms with Crippen LogP contribution in [-0.4, -0.2) is 15.5 Å². The number of rotatable bonds is 3. The lowest BCUT2D eigenvalue weighted by Gasteiger charge is -1.84. The molecule has 0 fully saturated rings. The SMILES string of the molecule is CCCCCCl.c1csnn1. The molecule has 0 aliphatic heterocycles. The second-order valence-corrected chi connectivity index (χ2v) is 3.01. The van der Waals surface area contributed by atoms with Crippen molar-refractivity contribution in [3.8, 4) is 0 Å². The summed E-state index contributed by atoms with van der Waals surface area (Å²) in [5, 5.41) is 5.31. The molecule has 0 spiro atoms. The van der Waals surface area contributed by atoms with E-state index in [4.69, 9.17) is 11.6 Å². The van der Waals surface area contributed by atoms with Gasteiger partial charge in [-0.05, 0) is 18.0 Å². The summed E-state index contributed by atoms with van der Waals surface area (Å²) < 4.78 is 3.51. The largest absolute Gasteiger partial charge is 0.147 e. The van der Waals surface area contributed by atoms with Crippen molar-refractivity contribution in [3.63, 3.8) is 0 Å². The van der Waals surface area contributed by atoms with E-state index in [0.717, 1.165) is 5.88 Å². The van der Waals surface area contributed by atoms with Gasteiger partial charge in [-0.15, -0.1) is 16.7 Å². The average molecular weight is 193 g/mol. The van der Waals surface area contributed by atoms with Gasteiger partial charge in [0, 0.05) is 11.3 Å². The summed E-state index contributed by atoms with van der Waals surface area (Å²) >= 11 is 6.73. The van der Waals surface area contributed by atoms with Gasteiger partial charge in [0.1, 0.15) is 0 Å². The van der Waals surface area contributed by atoms with Gasteiger partial charge in [0.05, 0.1) is 6.20 Å². The summed E-state index contributed by atoms with van der Waals surface area (Å²) in [7, 11) is 0. The minimum Gasteiger partial charge on any atom is -0.147 e. The first-order valence-corrected chi connectivity index (χ1v) is 5.06. The third-order valence-corrected chi connectivity index (χ3v) is 1.72. The number of halogens is 1. The molecule has 0 aromatic carbocycles. The van der Waals surface area contributed by atoms with Crippen molar-refractivity contribution in [3.05, 3.63) is 11.6 Å². The van der Waals surface area contributed by atoms with Gasteiger partial charge in [0.2, 0.25) is 0 Å². The van der Waals surface area contributed by atoms with Gasteiger partial charge < -0.3 is 0 Å². The predicted molar refractivity (Wildman–Crippen MR) is 50.2 cm³/mol. The van der Waals surface area contributed by atoms with Crippen LogP contribution >= 0.6 is 23.1 Å². The van der Waals surface area contributed by atoms with E-state index >= 15 is 0 Å². The molecule has 11 heavy (non-hydrogen) atoms. The van der Waals surface area contributed by atoms with Crippen LogP contribution in [0.1, 0.15) is 26.2 Å². The van der Waals surface area contributed by atoms with Crippen molar-refractivity contribution in [1.29, 1.82) is 0 Å². The van der Waals surface area contributed by atoms with Gasteiger partial charge in [0.15, 0.2) is 0 Å². The molecular weight excluding hydrogens is 180 g/mol. The van der Waals surface area contributed by atoms with Crippen LogP contribution in [0.5, 0.6) is 0 Å². The molecule has 64 valence electrons. The van der Waals surface area contributed by atoms with E-state index in [1.165, 1.54) is 30.8 Å². The Morgan fingerprint density at radius 1 is 1.45 bits per heavy atom. The second kappa shape index (κ2) is 9.85. The first-order valence-electron chi connectivity index (χ1n) is 3.68. The van der Waals surface area contributed by atoms with E-state index < -0.39 is 0 Å². The maximum absolute atomic E-state index is 5.38. The maximum atomic E-state index is 5.38. The van der Waals surface area contributed by atoms with E-state index in [0.29, 0.717) is 0 Å². The highest BCUT2D eigenvalue weighted by Gasteiger charge is 1.76. The molecule has 1 rings (SSSR count). The molecule has 0 amide bonds. The van der Waals surface area contributed by atoms with E-state index in [1.807, 2.05) is 5.38 Å². The first-order chi connectivity index (χ1) is 5.41. The van der Waals surface area contributed by atoms with Crippen LogP contribution in [0.3, 0.4) is 0 Å². The van der Waals surface area contributed by atoms with Gasteiger partial charge in [-0.2, -0.15) is 0 Å². The molecule has 2 nitrogen and oxygen atoms in total. The van der Waals surface area contributed by atoms with E-state index in [9.17, 15) is 0 Å². The highest BCUT2D eigenvalue weighted by Crippen LogP contribution is 1.93. The van der Waals surface area contributed by atoms with E-state index in [2.05, 4.69) is 16.5 Å². The Morgan fingerprint density at radius 3 is 2.45 bits per heavy atom. The summed E-state index contributed by atoms with van der Waals surface area (Å²) in [5.74, 6) is 0.827. The van der Waals surface area contributed by atoms with Crippen molar-refractivity contribution >= 4 is 23.1 Å². The molecular formula is C7H13ClN2S. The molecule has 0 aliphatic carbocycles. The monoisotopic (exact) mass is 192 g/mol. The van der Waals surface area contributed by atoms with Gasteiger partial charge in [-0.3, -0.25) is 0 Å². The van der Waals surface area contributed by atoms with Crippen LogP contribution in [0.15, 0.2) is 11.6 Å². The van der Waals surface area contributed by atoms with Crippen molar-refractivity contribution in [2.45, 2.75) is 26.2 Å². The number of nitrogens with zero attached hydrogens (tertiary/aromatic N) is 2. The first kappa shape index (κ1) is 10.8. The van der Waals surface area contributed by atoms with Crippen molar-refractivity contribution in [1.82, 2.24) is 9.59 Å². The van der Waals surface area contributed by atoms with Gasteiger partial charge in [0.25, 0.3) is 0 Å². The second-order valence-electron chi connectivity index (χ2n) is 1.98. The van der Waals surface area contributed by atoms with Crippen LogP contribution in [0, 0.1) is 0 Å². The third kappa shape index (κ3) is 9.85. The predicted octanol–water partition coefficient (Wildman–Crippen LogP) is 2.95. The smallest absolute Gasteiger partial charge is 0.0620 e. The zero-order valence-electron chi connectivity index (χ0n) is 6.66. The lowest BCUT2D eigenvalue weighted by atomic mass is 10.3. The molecule has 0 N–H and O–H groups in total. The molecule has 1 heterocycles. The zero-order valence-corrected chi connectivity index (χ0v) is 8.24. The minimum atomic E-state index is 0.827. The number of aromatic nitrogens is 2. The third-order valence-electron chi connectivity index (χ3n) is 1.02. The number of alkyl halides is 1. The van der Waals surface area contributed by atoms with Crippen molar-refractivity contribution < 1.29 is 0 Å². The molecule has 0 aliphatic rings. The number of hydrogen-bond donors (Lipinski definition) is 0. The Hall–Kier alpha value is -0.150. The minimum absolute atomic E-state index is 0.827. The number of hydrogen-bond acceptors (Lipinski definition) is 3. The highest BCUT2D eigenvalue weighted by molar-refractivity contribution is 7.03. The Labute approximate surface area is 76.8 Å². The van der Waals surface area contributed by atoms with E-state index in [-0.39, 0.29) is 0 Å². The fraction of sp³-hybridized carbons (Fsp3) is 0.714. The van der Waals surface area contributed by atoms with Crippen LogP contribution < -0.4 is 0 Å². The highest BCUT2D eigenvalue weighted by atomic mass is 35.5. The van der Waals surface area contributed by atoms with Gasteiger partial charge in [-0.25, -0.2) is 0 Å². The summed E-state index contributed by atoms with van der Waals surface area (Å²) in [6, 6.07) is 0. The van der Waals surface area contributed by atoms with Crippen LogP contribution in [0.2, 0.25) is 0 Å². The fourth-order valence-corrected chi connectivity index (χ4v) is 0.942. The Kier molecular flexibility index (Phi) is 9.72. The Bertz CT molecular complexity index is 112. The topological polar surface area (TPSA) is 25.8 Å². The van der Waals surface area contributed by atoms with Gasteiger partial charge >= 0.3 is 0 Å².